The molecule has 0 amide bonds. The Hall–Kier alpha value is -1.06. The molecule has 0 aliphatic carbocycles. The summed E-state index contributed by atoms with van der Waals surface area (Å²) in [4.78, 5) is 2.41. The van der Waals surface area contributed by atoms with Crippen LogP contribution in [-0.4, -0.2) is 45.3 Å². The van der Waals surface area contributed by atoms with Crippen molar-refractivity contribution in [1.29, 1.82) is 0 Å². The first kappa shape index (κ1) is 14.0. The van der Waals surface area contributed by atoms with Crippen molar-refractivity contribution in [2.24, 2.45) is 5.73 Å². The molecule has 2 N–H and O–H groups in total. The van der Waals surface area contributed by atoms with Crippen LogP contribution in [0, 0.1) is 0 Å². The van der Waals surface area contributed by atoms with Crippen LogP contribution in [0.1, 0.15) is 12.5 Å². The minimum absolute atomic E-state index is 0.612. The molecule has 0 aliphatic rings. The van der Waals surface area contributed by atoms with Crippen LogP contribution in [0.5, 0.6) is 0 Å². The van der Waals surface area contributed by atoms with Crippen molar-refractivity contribution in [3.8, 4) is 0 Å². The zero-order valence-electron chi connectivity index (χ0n) is 11.6. The lowest BCUT2D eigenvalue weighted by atomic mass is 10.2. The van der Waals surface area contributed by atoms with E-state index in [1.54, 1.807) is 0 Å². The van der Waals surface area contributed by atoms with Gasteiger partial charge in [0.05, 0.1) is 34.2 Å². The maximum atomic E-state index is 5.68. The molecular weight excluding hydrogens is 210 g/mol. The van der Waals surface area contributed by atoms with Crippen LogP contribution >= 0.6 is 0 Å². The first-order valence-electron chi connectivity index (χ1n) is 6.30. The fourth-order valence-corrected chi connectivity index (χ4v) is 1.77. The van der Waals surface area contributed by atoms with E-state index in [0.29, 0.717) is 6.54 Å². The normalized spacial score (nSPS) is 11.6. The fourth-order valence-electron chi connectivity index (χ4n) is 1.77. The van der Waals surface area contributed by atoms with E-state index in [0.717, 1.165) is 24.1 Å². The van der Waals surface area contributed by atoms with E-state index in [1.165, 1.54) is 11.3 Å². The van der Waals surface area contributed by atoms with Crippen molar-refractivity contribution in [2.75, 3.05) is 45.7 Å². The van der Waals surface area contributed by atoms with Gasteiger partial charge in [-0.1, -0.05) is 12.1 Å². The molecule has 0 heterocycles. The zero-order valence-corrected chi connectivity index (χ0v) is 11.6. The van der Waals surface area contributed by atoms with E-state index >= 15 is 0 Å². The van der Waals surface area contributed by atoms with Gasteiger partial charge in [0.1, 0.15) is 0 Å². The molecule has 0 aliphatic heterocycles. The molecule has 3 heteroatoms. The van der Waals surface area contributed by atoms with Crippen LogP contribution in [0.3, 0.4) is 0 Å². The van der Waals surface area contributed by atoms with E-state index in [2.05, 4.69) is 57.2 Å². The molecule has 0 aromatic heterocycles. The number of likely N-dealkylation sites (N-methyl/N-ethyl adjacent to an activating group) is 2. The minimum atomic E-state index is 0.612. The highest BCUT2D eigenvalue weighted by Crippen LogP contribution is 2.16. The van der Waals surface area contributed by atoms with E-state index in [4.69, 9.17) is 5.73 Å². The predicted octanol–water partition coefficient (Wildman–Crippen LogP) is 1.68. The molecule has 1 rings (SSSR count). The Morgan fingerprint density at radius 3 is 2.47 bits per heavy atom. The molecule has 0 saturated carbocycles. The quantitative estimate of drug-likeness (QED) is 0.761. The average Bonchev–Trinajstić information content (AvgIpc) is 2.29. The van der Waals surface area contributed by atoms with Crippen molar-refractivity contribution in [3.63, 3.8) is 0 Å². The number of nitrogens with two attached hydrogens (primary N) is 1. The Balaban J connectivity index is 2.72. The Morgan fingerprint density at radius 2 is 1.94 bits per heavy atom. The Bertz CT molecular complexity index is 342. The summed E-state index contributed by atoms with van der Waals surface area (Å²) >= 11 is 0. The Kier molecular flexibility index (Phi) is 4.97. The molecule has 0 atom stereocenters. The molecule has 17 heavy (non-hydrogen) atoms. The van der Waals surface area contributed by atoms with Gasteiger partial charge < -0.3 is 15.1 Å². The number of nitrogens with zero attached hydrogens (tertiary/aromatic N) is 2. The van der Waals surface area contributed by atoms with Crippen LogP contribution < -0.4 is 10.6 Å². The topological polar surface area (TPSA) is 29.3 Å². The van der Waals surface area contributed by atoms with Crippen LogP contribution in [-0.2, 0) is 6.54 Å². The summed E-state index contributed by atoms with van der Waals surface area (Å²) in [6.07, 6.45) is 0. The second kappa shape index (κ2) is 6.03. The summed E-state index contributed by atoms with van der Waals surface area (Å²) in [6, 6.07) is 8.53. The van der Waals surface area contributed by atoms with Crippen molar-refractivity contribution in [3.05, 3.63) is 29.8 Å². The minimum Gasteiger partial charge on any atom is -0.366 e. The van der Waals surface area contributed by atoms with E-state index in [1.807, 2.05) is 0 Å². The lowest BCUT2D eigenvalue weighted by Gasteiger charge is -2.29. The highest BCUT2D eigenvalue weighted by molar-refractivity contribution is 5.48. The van der Waals surface area contributed by atoms with E-state index in [9.17, 15) is 0 Å². The van der Waals surface area contributed by atoms with Crippen LogP contribution in [0.25, 0.3) is 0 Å². The second-order valence-corrected chi connectivity index (χ2v) is 5.47. The average molecular weight is 236 g/mol. The Labute approximate surface area is 105 Å². The number of hydrogen-bond acceptors (Lipinski definition) is 2. The number of rotatable bonds is 6. The summed E-state index contributed by atoms with van der Waals surface area (Å²) in [6.45, 7) is 6.06. The van der Waals surface area contributed by atoms with Gasteiger partial charge in [-0.2, -0.15) is 0 Å². The van der Waals surface area contributed by atoms with Gasteiger partial charge in [-0.15, -0.1) is 0 Å². The standard InChI is InChI=1S/C14H26N3/c1-5-16(9-10-17(2,3)4)14-8-6-7-13(11-14)12-15/h6-8,11H,5,9-10,12,15H2,1-4H3/q+1. The first-order chi connectivity index (χ1) is 7.96. The molecular formula is C14H26N3+. The first-order valence-corrected chi connectivity index (χ1v) is 6.30. The summed E-state index contributed by atoms with van der Waals surface area (Å²) < 4.78 is 0.993. The van der Waals surface area contributed by atoms with Gasteiger partial charge in [0.25, 0.3) is 0 Å². The van der Waals surface area contributed by atoms with Crippen LogP contribution in [0.4, 0.5) is 5.69 Å². The van der Waals surface area contributed by atoms with Gasteiger partial charge in [-0.05, 0) is 24.6 Å². The maximum absolute atomic E-state index is 5.68. The van der Waals surface area contributed by atoms with Gasteiger partial charge in [0, 0.05) is 18.8 Å². The summed E-state index contributed by atoms with van der Waals surface area (Å²) in [5, 5.41) is 0. The summed E-state index contributed by atoms with van der Waals surface area (Å²) in [5.41, 5.74) is 8.16. The number of hydrogen-bond donors (Lipinski definition) is 1. The predicted molar refractivity (Wildman–Crippen MR) is 75.1 cm³/mol. The van der Waals surface area contributed by atoms with E-state index in [-0.39, 0.29) is 0 Å². The third-order valence-corrected chi connectivity index (χ3v) is 2.93. The van der Waals surface area contributed by atoms with Gasteiger partial charge in [-0.3, -0.25) is 0 Å². The summed E-state index contributed by atoms with van der Waals surface area (Å²) in [7, 11) is 6.68. The van der Waals surface area contributed by atoms with Crippen molar-refractivity contribution < 1.29 is 4.48 Å². The highest BCUT2D eigenvalue weighted by Gasteiger charge is 2.11. The zero-order chi connectivity index (χ0) is 12.9. The lowest BCUT2D eigenvalue weighted by Crippen LogP contribution is -2.42. The number of benzene rings is 1. The molecule has 1 aromatic carbocycles. The van der Waals surface area contributed by atoms with Gasteiger partial charge in [-0.25, -0.2) is 0 Å². The molecule has 0 bridgehead atoms. The third-order valence-electron chi connectivity index (χ3n) is 2.93. The third kappa shape index (κ3) is 4.75. The monoisotopic (exact) mass is 236 g/mol. The van der Waals surface area contributed by atoms with Crippen LogP contribution in [0.15, 0.2) is 24.3 Å². The molecule has 3 nitrogen and oxygen atoms in total. The second-order valence-electron chi connectivity index (χ2n) is 5.47. The summed E-state index contributed by atoms with van der Waals surface area (Å²) in [5.74, 6) is 0. The van der Waals surface area contributed by atoms with Crippen LogP contribution in [0.2, 0.25) is 0 Å². The van der Waals surface area contributed by atoms with Gasteiger partial charge in [0.2, 0.25) is 0 Å². The SMILES string of the molecule is CCN(CC[N+](C)(C)C)c1cccc(CN)c1. The molecule has 0 fully saturated rings. The number of anilines is 1. The molecule has 0 unspecified atom stereocenters. The highest BCUT2D eigenvalue weighted by atomic mass is 15.3. The van der Waals surface area contributed by atoms with Crippen molar-refractivity contribution in [2.45, 2.75) is 13.5 Å². The van der Waals surface area contributed by atoms with Gasteiger partial charge in [0.15, 0.2) is 0 Å². The number of quaternary nitrogens is 1. The molecule has 0 spiro atoms. The fraction of sp³-hybridized carbons (Fsp3) is 0.571. The van der Waals surface area contributed by atoms with Gasteiger partial charge >= 0.3 is 0 Å². The maximum Gasteiger partial charge on any atom is 0.0958 e. The molecule has 1 aromatic rings. The van der Waals surface area contributed by atoms with E-state index < -0.39 is 0 Å². The largest absolute Gasteiger partial charge is 0.366 e. The molecule has 0 saturated heterocycles. The lowest BCUT2D eigenvalue weighted by molar-refractivity contribution is -0.868. The molecule has 0 radical (unpaired) electrons. The van der Waals surface area contributed by atoms with Crippen molar-refractivity contribution >= 4 is 5.69 Å². The van der Waals surface area contributed by atoms with Crippen molar-refractivity contribution in [1.82, 2.24) is 0 Å². The Morgan fingerprint density at radius 1 is 1.24 bits per heavy atom. The molecule has 96 valence electrons. The smallest absolute Gasteiger partial charge is 0.0958 e.